The first-order chi connectivity index (χ1) is 9.78. The van der Waals surface area contributed by atoms with E-state index in [4.69, 9.17) is 0 Å². The molecule has 0 aliphatic heterocycles. The summed E-state index contributed by atoms with van der Waals surface area (Å²) in [4.78, 5) is 1.25. The maximum absolute atomic E-state index is 4.64. The van der Waals surface area contributed by atoms with Crippen LogP contribution in [0.1, 0.15) is 18.9 Å². The van der Waals surface area contributed by atoms with Crippen molar-refractivity contribution in [2.24, 2.45) is 7.05 Å². The molecule has 0 amide bonds. The van der Waals surface area contributed by atoms with Gasteiger partial charge in [0.25, 0.3) is 0 Å². The highest BCUT2D eigenvalue weighted by Crippen LogP contribution is 2.34. The summed E-state index contributed by atoms with van der Waals surface area (Å²) in [5.41, 5.74) is 2.38. The van der Waals surface area contributed by atoms with Gasteiger partial charge in [0, 0.05) is 30.1 Å². The van der Waals surface area contributed by atoms with Crippen molar-refractivity contribution in [3.05, 3.63) is 42.1 Å². The van der Waals surface area contributed by atoms with Crippen molar-refractivity contribution in [1.29, 1.82) is 0 Å². The molecular weight excluding hydrogens is 266 g/mol. The molecule has 0 bridgehead atoms. The molecule has 3 nitrogen and oxygen atoms in total. The normalized spacial score (nSPS) is 11.3. The minimum atomic E-state index is 0.880. The second-order valence-corrected chi connectivity index (χ2v) is 6.09. The van der Waals surface area contributed by atoms with E-state index in [-0.39, 0.29) is 0 Å². The molecule has 0 aliphatic carbocycles. The summed E-state index contributed by atoms with van der Waals surface area (Å²) in [7, 11) is 1.99. The van der Waals surface area contributed by atoms with E-state index in [1.54, 1.807) is 0 Å². The van der Waals surface area contributed by atoms with Crippen molar-refractivity contribution in [3.63, 3.8) is 0 Å². The number of hydrogen-bond donors (Lipinski definition) is 1. The van der Waals surface area contributed by atoms with Gasteiger partial charge in [0.05, 0.1) is 4.88 Å². The quantitative estimate of drug-likeness (QED) is 0.723. The van der Waals surface area contributed by atoms with Crippen LogP contribution in [0.2, 0.25) is 0 Å². The van der Waals surface area contributed by atoms with Gasteiger partial charge in [-0.3, -0.25) is 4.68 Å². The maximum atomic E-state index is 4.64. The zero-order valence-corrected chi connectivity index (χ0v) is 12.7. The molecule has 1 aromatic carbocycles. The Labute approximate surface area is 123 Å². The molecule has 104 valence electrons. The third-order valence-corrected chi connectivity index (χ3v) is 4.43. The van der Waals surface area contributed by atoms with Gasteiger partial charge in [0.15, 0.2) is 0 Å². The summed E-state index contributed by atoms with van der Waals surface area (Å²) in [6.07, 6.45) is 3.26. The summed E-state index contributed by atoms with van der Waals surface area (Å²) in [6, 6.07) is 10.7. The SMILES string of the molecule is CCCNCc1cn(C)nc1-c1cc2ccccc2s1. The summed E-state index contributed by atoms with van der Waals surface area (Å²) in [5, 5.41) is 9.40. The van der Waals surface area contributed by atoms with Crippen LogP contribution in [-0.4, -0.2) is 16.3 Å². The zero-order chi connectivity index (χ0) is 13.9. The number of fused-ring (bicyclic) bond motifs is 1. The number of benzene rings is 1. The average molecular weight is 285 g/mol. The number of nitrogens with one attached hydrogen (secondary N) is 1. The largest absolute Gasteiger partial charge is 0.313 e. The molecular formula is C16H19N3S. The Kier molecular flexibility index (Phi) is 3.85. The average Bonchev–Trinajstić information content (AvgIpc) is 3.02. The number of aryl methyl sites for hydroxylation is 1. The molecule has 0 aliphatic rings. The highest BCUT2D eigenvalue weighted by atomic mass is 32.1. The van der Waals surface area contributed by atoms with Crippen LogP contribution in [0.25, 0.3) is 20.7 Å². The molecule has 0 spiro atoms. The van der Waals surface area contributed by atoms with Gasteiger partial charge < -0.3 is 5.32 Å². The summed E-state index contributed by atoms with van der Waals surface area (Å²) >= 11 is 1.81. The molecule has 1 N–H and O–H groups in total. The Bertz CT molecular complexity index is 678. The lowest BCUT2D eigenvalue weighted by Gasteiger charge is -2.01. The summed E-state index contributed by atoms with van der Waals surface area (Å²) < 4.78 is 3.23. The molecule has 0 unspecified atom stereocenters. The topological polar surface area (TPSA) is 29.9 Å². The van der Waals surface area contributed by atoms with Crippen LogP contribution in [0.5, 0.6) is 0 Å². The van der Waals surface area contributed by atoms with Crippen LogP contribution < -0.4 is 5.32 Å². The van der Waals surface area contributed by atoms with E-state index in [0.29, 0.717) is 0 Å². The lowest BCUT2D eigenvalue weighted by Crippen LogP contribution is -2.13. The summed E-state index contributed by atoms with van der Waals surface area (Å²) in [6.45, 7) is 4.11. The van der Waals surface area contributed by atoms with Gasteiger partial charge in [-0.25, -0.2) is 0 Å². The number of aromatic nitrogens is 2. The van der Waals surface area contributed by atoms with Crippen molar-refractivity contribution in [1.82, 2.24) is 15.1 Å². The molecule has 2 aromatic heterocycles. The van der Waals surface area contributed by atoms with Crippen molar-refractivity contribution in [3.8, 4) is 10.6 Å². The third-order valence-electron chi connectivity index (χ3n) is 3.31. The van der Waals surface area contributed by atoms with Crippen LogP contribution in [-0.2, 0) is 13.6 Å². The van der Waals surface area contributed by atoms with Gasteiger partial charge >= 0.3 is 0 Å². The van der Waals surface area contributed by atoms with Crippen LogP contribution >= 0.6 is 11.3 Å². The van der Waals surface area contributed by atoms with Gasteiger partial charge in [-0.2, -0.15) is 5.10 Å². The first-order valence-electron chi connectivity index (χ1n) is 7.00. The van der Waals surface area contributed by atoms with Gasteiger partial charge in [0.1, 0.15) is 5.69 Å². The molecule has 2 heterocycles. The highest BCUT2D eigenvalue weighted by molar-refractivity contribution is 7.22. The number of thiophene rings is 1. The van der Waals surface area contributed by atoms with E-state index in [0.717, 1.165) is 25.2 Å². The van der Waals surface area contributed by atoms with E-state index in [1.807, 2.05) is 23.1 Å². The van der Waals surface area contributed by atoms with Crippen LogP contribution in [0, 0.1) is 0 Å². The lowest BCUT2D eigenvalue weighted by molar-refractivity contribution is 0.675. The van der Waals surface area contributed by atoms with E-state index >= 15 is 0 Å². The fraction of sp³-hybridized carbons (Fsp3) is 0.312. The molecule has 3 rings (SSSR count). The predicted molar refractivity (Wildman–Crippen MR) is 86.0 cm³/mol. The van der Waals surface area contributed by atoms with Crippen molar-refractivity contribution >= 4 is 21.4 Å². The van der Waals surface area contributed by atoms with E-state index in [9.17, 15) is 0 Å². The minimum absolute atomic E-state index is 0.880. The van der Waals surface area contributed by atoms with Gasteiger partial charge in [-0.15, -0.1) is 11.3 Å². The zero-order valence-electron chi connectivity index (χ0n) is 11.9. The fourth-order valence-corrected chi connectivity index (χ4v) is 3.46. The summed E-state index contributed by atoms with van der Waals surface area (Å²) in [5.74, 6) is 0. The Balaban J connectivity index is 1.96. The lowest BCUT2D eigenvalue weighted by atomic mass is 10.2. The van der Waals surface area contributed by atoms with Crippen molar-refractivity contribution < 1.29 is 0 Å². The number of hydrogen-bond acceptors (Lipinski definition) is 3. The molecule has 0 saturated heterocycles. The maximum Gasteiger partial charge on any atom is 0.107 e. The predicted octanol–water partition coefficient (Wildman–Crippen LogP) is 3.80. The van der Waals surface area contributed by atoms with Crippen molar-refractivity contribution in [2.75, 3.05) is 6.54 Å². The number of rotatable bonds is 5. The Hall–Kier alpha value is -1.65. The smallest absolute Gasteiger partial charge is 0.107 e. The van der Waals surface area contributed by atoms with Gasteiger partial charge in [0.2, 0.25) is 0 Å². The Morgan fingerprint density at radius 3 is 2.95 bits per heavy atom. The molecule has 0 atom stereocenters. The molecule has 3 aromatic rings. The molecule has 0 fully saturated rings. The van der Waals surface area contributed by atoms with E-state index in [2.05, 4.69) is 53.9 Å². The molecule has 4 heteroatoms. The van der Waals surface area contributed by atoms with Gasteiger partial charge in [-0.1, -0.05) is 25.1 Å². The standard InChI is InChI=1S/C16H19N3S/c1-3-8-17-10-13-11-19(2)18-16(13)15-9-12-6-4-5-7-14(12)20-15/h4-7,9,11,17H,3,8,10H2,1-2H3. The first kappa shape index (κ1) is 13.3. The molecule has 0 saturated carbocycles. The Morgan fingerprint density at radius 2 is 2.15 bits per heavy atom. The van der Waals surface area contributed by atoms with Crippen molar-refractivity contribution in [2.45, 2.75) is 19.9 Å². The molecule has 0 radical (unpaired) electrons. The second-order valence-electron chi connectivity index (χ2n) is 5.00. The second kappa shape index (κ2) is 5.77. The minimum Gasteiger partial charge on any atom is -0.313 e. The van der Waals surface area contributed by atoms with Crippen LogP contribution in [0.3, 0.4) is 0 Å². The van der Waals surface area contributed by atoms with Crippen LogP contribution in [0.15, 0.2) is 36.5 Å². The highest BCUT2D eigenvalue weighted by Gasteiger charge is 2.12. The van der Waals surface area contributed by atoms with Crippen LogP contribution in [0.4, 0.5) is 0 Å². The van der Waals surface area contributed by atoms with E-state index in [1.165, 1.54) is 20.5 Å². The monoisotopic (exact) mass is 285 g/mol. The fourth-order valence-electron chi connectivity index (χ4n) is 2.37. The van der Waals surface area contributed by atoms with E-state index < -0.39 is 0 Å². The first-order valence-corrected chi connectivity index (χ1v) is 7.81. The Morgan fingerprint density at radius 1 is 1.30 bits per heavy atom. The number of nitrogens with zero attached hydrogens (tertiary/aromatic N) is 2. The van der Waals surface area contributed by atoms with Gasteiger partial charge in [-0.05, 0) is 30.5 Å². The molecule has 20 heavy (non-hydrogen) atoms. The third kappa shape index (κ3) is 2.62.